The van der Waals surface area contributed by atoms with Gasteiger partial charge >= 0.3 is 5.97 Å². The number of hydrogen-bond donors (Lipinski definition) is 3. The van der Waals surface area contributed by atoms with Crippen LogP contribution in [-0.2, 0) is 16.4 Å². The molecule has 0 unspecified atom stereocenters. The zero-order valence-electron chi connectivity index (χ0n) is 11.6. The normalized spacial score (nSPS) is 11.7. The molecular weight excluding hydrogens is 296 g/mol. The number of carbonyl (C=O) groups is 1. The van der Waals surface area contributed by atoms with Crippen molar-refractivity contribution in [3.05, 3.63) is 41.1 Å². The third kappa shape index (κ3) is 3.17. The Hall–Kier alpha value is -2.06. The number of carboxylic acid groups (broad SMARTS) is 1. The summed E-state index contributed by atoms with van der Waals surface area (Å²) >= 11 is 0. The Labute approximate surface area is 122 Å². The lowest BCUT2D eigenvalue weighted by Crippen LogP contribution is -2.26. The minimum atomic E-state index is -3.77. The Kier molecular flexibility index (Phi) is 4.19. The average Bonchev–Trinajstić information content (AvgIpc) is 2.97. The van der Waals surface area contributed by atoms with Crippen LogP contribution in [0.1, 0.15) is 27.5 Å². The fourth-order valence-electron chi connectivity index (χ4n) is 2.19. The summed E-state index contributed by atoms with van der Waals surface area (Å²) in [6.07, 6.45) is 1.93. The molecule has 114 valence electrons. The van der Waals surface area contributed by atoms with Crippen molar-refractivity contribution in [3.63, 3.8) is 0 Å². The molecule has 21 heavy (non-hydrogen) atoms. The van der Waals surface area contributed by atoms with Crippen molar-refractivity contribution in [2.75, 3.05) is 6.54 Å². The van der Waals surface area contributed by atoms with E-state index in [1.54, 1.807) is 12.1 Å². The molecule has 0 aliphatic heterocycles. The molecule has 2 rings (SSSR count). The fraction of sp³-hybridized carbons (Fsp3) is 0.308. The first-order chi connectivity index (χ1) is 9.83. The molecular formula is C13H16N2O5S. The van der Waals surface area contributed by atoms with Crippen LogP contribution in [0.3, 0.4) is 0 Å². The monoisotopic (exact) mass is 312 g/mol. The van der Waals surface area contributed by atoms with E-state index in [-0.39, 0.29) is 22.7 Å². The van der Waals surface area contributed by atoms with E-state index >= 15 is 0 Å². The van der Waals surface area contributed by atoms with Crippen molar-refractivity contribution < 1.29 is 22.7 Å². The first-order valence-electron chi connectivity index (χ1n) is 6.27. The Balaban J connectivity index is 2.18. The SMILES string of the molecule is Cc1[nH]c(C(=O)O)c(C)c1S(=O)(=O)NCCc1ccco1. The highest BCUT2D eigenvalue weighted by Crippen LogP contribution is 2.22. The quantitative estimate of drug-likeness (QED) is 0.747. The molecule has 0 aromatic carbocycles. The molecule has 0 radical (unpaired) electrons. The third-order valence-electron chi connectivity index (χ3n) is 3.09. The van der Waals surface area contributed by atoms with E-state index in [1.807, 2.05) is 0 Å². The number of rotatable bonds is 6. The molecule has 3 N–H and O–H groups in total. The van der Waals surface area contributed by atoms with Gasteiger partial charge in [0.05, 0.1) is 6.26 Å². The van der Waals surface area contributed by atoms with Gasteiger partial charge < -0.3 is 14.5 Å². The van der Waals surface area contributed by atoms with Crippen LogP contribution in [0, 0.1) is 13.8 Å². The van der Waals surface area contributed by atoms with E-state index in [0.717, 1.165) is 0 Å². The summed E-state index contributed by atoms with van der Waals surface area (Å²) in [5, 5.41) is 9.01. The van der Waals surface area contributed by atoms with Crippen LogP contribution >= 0.6 is 0 Å². The molecule has 7 nitrogen and oxygen atoms in total. The molecule has 2 aromatic rings. The number of hydrogen-bond acceptors (Lipinski definition) is 4. The smallest absolute Gasteiger partial charge is 0.352 e. The highest BCUT2D eigenvalue weighted by Gasteiger charge is 2.25. The van der Waals surface area contributed by atoms with Gasteiger partial charge in [0.1, 0.15) is 16.3 Å². The van der Waals surface area contributed by atoms with Crippen molar-refractivity contribution in [3.8, 4) is 0 Å². The summed E-state index contributed by atoms with van der Waals surface area (Å²) in [7, 11) is -3.77. The number of sulfonamides is 1. The molecule has 2 heterocycles. The zero-order chi connectivity index (χ0) is 15.6. The highest BCUT2D eigenvalue weighted by atomic mass is 32.2. The van der Waals surface area contributed by atoms with Crippen LogP contribution in [0.25, 0.3) is 0 Å². The summed E-state index contributed by atoms with van der Waals surface area (Å²) in [5.41, 5.74) is 0.389. The van der Waals surface area contributed by atoms with Crippen molar-refractivity contribution in [2.24, 2.45) is 0 Å². The van der Waals surface area contributed by atoms with E-state index in [1.165, 1.54) is 20.1 Å². The topological polar surface area (TPSA) is 112 Å². The second-order valence-corrected chi connectivity index (χ2v) is 6.32. The first-order valence-corrected chi connectivity index (χ1v) is 7.75. The zero-order valence-corrected chi connectivity index (χ0v) is 12.5. The van der Waals surface area contributed by atoms with Crippen LogP contribution < -0.4 is 4.72 Å². The van der Waals surface area contributed by atoms with Gasteiger partial charge in [-0.25, -0.2) is 17.9 Å². The lowest BCUT2D eigenvalue weighted by atomic mass is 10.2. The Morgan fingerprint density at radius 1 is 1.43 bits per heavy atom. The van der Waals surface area contributed by atoms with Crippen LogP contribution in [0.4, 0.5) is 0 Å². The summed E-state index contributed by atoms with van der Waals surface area (Å²) in [4.78, 5) is 13.6. The van der Waals surface area contributed by atoms with Gasteiger partial charge in [0.2, 0.25) is 10.0 Å². The second kappa shape index (κ2) is 5.74. The van der Waals surface area contributed by atoms with Gasteiger partial charge in [0.25, 0.3) is 0 Å². The number of furan rings is 1. The lowest BCUT2D eigenvalue weighted by Gasteiger charge is -2.06. The Bertz CT molecular complexity index is 744. The summed E-state index contributed by atoms with van der Waals surface area (Å²) in [6.45, 7) is 3.16. The third-order valence-corrected chi connectivity index (χ3v) is 4.83. The second-order valence-electron chi connectivity index (χ2n) is 4.61. The Morgan fingerprint density at radius 2 is 2.14 bits per heavy atom. The standard InChI is InChI=1S/C13H16N2O5S/c1-8-11(13(16)17)15-9(2)12(8)21(18,19)14-6-5-10-4-3-7-20-10/h3-4,7,14-15H,5-6H2,1-2H3,(H,16,17). The van der Waals surface area contributed by atoms with Crippen molar-refractivity contribution in [2.45, 2.75) is 25.2 Å². The molecule has 8 heteroatoms. The Morgan fingerprint density at radius 3 is 2.67 bits per heavy atom. The van der Waals surface area contributed by atoms with Gasteiger partial charge in [-0.1, -0.05) is 0 Å². The molecule has 0 saturated heterocycles. The number of aryl methyl sites for hydroxylation is 1. The van der Waals surface area contributed by atoms with Crippen LogP contribution in [0.5, 0.6) is 0 Å². The number of aromatic amines is 1. The molecule has 0 amide bonds. The van der Waals surface area contributed by atoms with E-state index in [2.05, 4.69) is 9.71 Å². The summed E-state index contributed by atoms with van der Waals surface area (Å²) in [5.74, 6) is -0.515. The molecule has 0 fully saturated rings. The molecule has 0 atom stereocenters. The number of H-pyrrole nitrogens is 1. The molecule has 0 spiro atoms. The van der Waals surface area contributed by atoms with Crippen molar-refractivity contribution in [1.29, 1.82) is 0 Å². The predicted molar refractivity (Wildman–Crippen MR) is 74.8 cm³/mol. The van der Waals surface area contributed by atoms with Gasteiger partial charge in [-0.3, -0.25) is 0 Å². The largest absolute Gasteiger partial charge is 0.477 e. The highest BCUT2D eigenvalue weighted by molar-refractivity contribution is 7.89. The predicted octanol–water partition coefficient (Wildman–Crippen LogP) is 1.44. The number of nitrogens with one attached hydrogen (secondary N) is 2. The molecule has 0 saturated carbocycles. The van der Waals surface area contributed by atoms with Crippen molar-refractivity contribution in [1.82, 2.24) is 9.71 Å². The summed E-state index contributed by atoms with van der Waals surface area (Å²) in [6, 6.07) is 3.48. The van der Waals surface area contributed by atoms with Gasteiger partial charge in [-0.2, -0.15) is 0 Å². The maximum absolute atomic E-state index is 12.3. The average molecular weight is 312 g/mol. The molecule has 0 aliphatic rings. The minimum absolute atomic E-state index is 0.0145. The van der Waals surface area contributed by atoms with E-state index < -0.39 is 16.0 Å². The number of aromatic nitrogens is 1. The van der Waals surface area contributed by atoms with Gasteiger partial charge in [0, 0.05) is 24.2 Å². The van der Waals surface area contributed by atoms with E-state index in [4.69, 9.17) is 9.52 Å². The van der Waals surface area contributed by atoms with Crippen LogP contribution in [-0.4, -0.2) is 31.0 Å². The number of carboxylic acids is 1. The van der Waals surface area contributed by atoms with Crippen molar-refractivity contribution >= 4 is 16.0 Å². The molecule has 2 aromatic heterocycles. The lowest BCUT2D eigenvalue weighted by molar-refractivity contribution is 0.0690. The first kappa shape index (κ1) is 15.3. The van der Waals surface area contributed by atoms with Gasteiger partial charge in [0.15, 0.2) is 0 Å². The maximum atomic E-state index is 12.3. The fourth-order valence-corrected chi connectivity index (χ4v) is 3.66. The summed E-state index contributed by atoms with van der Waals surface area (Å²) < 4.78 is 32.1. The van der Waals surface area contributed by atoms with E-state index in [9.17, 15) is 13.2 Å². The molecule has 0 aliphatic carbocycles. The van der Waals surface area contributed by atoms with Gasteiger partial charge in [-0.15, -0.1) is 0 Å². The van der Waals surface area contributed by atoms with Gasteiger partial charge in [-0.05, 0) is 26.0 Å². The molecule has 0 bridgehead atoms. The minimum Gasteiger partial charge on any atom is -0.477 e. The van der Waals surface area contributed by atoms with E-state index in [0.29, 0.717) is 17.9 Å². The van der Waals surface area contributed by atoms with Crippen LogP contribution in [0.2, 0.25) is 0 Å². The number of aromatic carboxylic acids is 1. The van der Waals surface area contributed by atoms with Crippen LogP contribution in [0.15, 0.2) is 27.7 Å². The maximum Gasteiger partial charge on any atom is 0.352 e.